The van der Waals surface area contributed by atoms with E-state index in [4.69, 9.17) is 9.47 Å². The number of hydrogen-bond donors (Lipinski definition) is 3. The molecule has 1 amide bonds. The van der Waals surface area contributed by atoms with E-state index in [-0.39, 0.29) is 43.0 Å². The van der Waals surface area contributed by atoms with Crippen molar-refractivity contribution < 1.29 is 29.3 Å². The smallest absolute Gasteiger partial charge is 0.344 e. The van der Waals surface area contributed by atoms with Crippen LogP contribution in [-0.2, 0) is 27.2 Å². The third-order valence-corrected chi connectivity index (χ3v) is 8.36. The summed E-state index contributed by atoms with van der Waals surface area (Å²) >= 11 is 0. The molecule has 0 heterocycles. The Morgan fingerprint density at radius 1 is 1.16 bits per heavy atom. The minimum absolute atomic E-state index is 0.0156. The van der Waals surface area contributed by atoms with Gasteiger partial charge in [0.15, 0.2) is 6.61 Å². The second kappa shape index (κ2) is 14.1. The van der Waals surface area contributed by atoms with Crippen molar-refractivity contribution in [3.8, 4) is 5.75 Å². The normalized spacial score (nSPS) is 24.2. The molecule has 208 valence electrons. The Morgan fingerprint density at radius 2 is 1.95 bits per heavy atom. The fourth-order valence-electron chi connectivity index (χ4n) is 6.14. The highest BCUT2D eigenvalue weighted by Crippen LogP contribution is 2.48. The standard InChI is InChI=1S/C30H47NO6/c1-5-6-7-10-22(32)12-13-23-24-14-20-9-8-11-27(25(20)15-21(24)16-26(23)33)36-18-30(35)37-28(19(2)3)17-29(34)31-4/h8-9,11,19,21-24,26,28,32-33H,5-7,10,12-18H2,1-4H3,(H,31,34)/t21-,22-,23+,24-,26+,28?/m0/s1. The van der Waals surface area contributed by atoms with E-state index in [2.05, 4.69) is 18.3 Å². The average Bonchev–Trinajstić information content (AvgIpc) is 3.17. The SMILES string of the molecule is CCCCC[C@H](O)CC[C@@H]1[C@H]2Cc3cccc(OCC(=O)OC(CC(=O)NC)C(C)C)c3C[C@H]2C[C@H]1O. The number of esters is 1. The van der Waals surface area contributed by atoms with E-state index in [0.717, 1.165) is 63.4 Å². The van der Waals surface area contributed by atoms with E-state index in [0.29, 0.717) is 17.6 Å². The summed E-state index contributed by atoms with van der Waals surface area (Å²) in [4.78, 5) is 24.3. The van der Waals surface area contributed by atoms with Crippen LogP contribution in [0.15, 0.2) is 18.2 Å². The number of amides is 1. The number of ether oxygens (including phenoxy) is 2. The predicted octanol–water partition coefficient (Wildman–Crippen LogP) is 4.20. The Hall–Kier alpha value is -2.12. The number of carbonyl (C=O) groups is 2. The van der Waals surface area contributed by atoms with Gasteiger partial charge in [-0.3, -0.25) is 4.79 Å². The van der Waals surface area contributed by atoms with Crippen LogP contribution in [0.3, 0.4) is 0 Å². The van der Waals surface area contributed by atoms with Crippen LogP contribution in [0.25, 0.3) is 0 Å². The summed E-state index contributed by atoms with van der Waals surface area (Å²) < 4.78 is 11.5. The summed E-state index contributed by atoms with van der Waals surface area (Å²) in [6, 6.07) is 5.98. The van der Waals surface area contributed by atoms with Gasteiger partial charge >= 0.3 is 5.97 Å². The van der Waals surface area contributed by atoms with Gasteiger partial charge in [0.1, 0.15) is 11.9 Å². The van der Waals surface area contributed by atoms with Crippen molar-refractivity contribution in [2.45, 2.75) is 103 Å². The van der Waals surface area contributed by atoms with E-state index < -0.39 is 12.1 Å². The molecule has 0 saturated heterocycles. The lowest BCUT2D eigenvalue weighted by Crippen LogP contribution is -2.32. The van der Waals surface area contributed by atoms with Crippen molar-refractivity contribution in [1.82, 2.24) is 5.32 Å². The topological polar surface area (TPSA) is 105 Å². The third-order valence-electron chi connectivity index (χ3n) is 8.36. The summed E-state index contributed by atoms with van der Waals surface area (Å²) in [5.74, 6) is 1.06. The zero-order chi connectivity index (χ0) is 26.9. The molecule has 7 heteroatoms. The maximum absolute atomic E-state index is 12.5. The van der Waals surface area contributed by atoms with Crippen LogP contribution in [0.5, 0.6) is 5.75 Å². The number of hydrogen-bond acceptors (Lipinski definition) is 6. The highest BCUT2D eigenvalue weighted by molar-refractivity contribution is 5.77. The zero-order valence-electron chi connectivity index (χ0n) is 23.1. The molecular weight excluding hydrogens is 470 g/mol. The minimum atomic E-state index is -0.497. The van der Waals surface area contributed by atoms with Crippen LogP contribution in [0.1, 0.15) is 83.3 Å². The van der Waals surface area contributed by atoms with Gasteiger partial charge in [-0.25, -0.2) is 4.79 Å². The van der Waals surface area contributed by atoms with E-state index in [9.17, 15) is 19.8 Å². The first-order valence-electron chi connectivity index (χ1n) is 14.2. The van der Waals surface area contributed by atoms with E-state index in [1.165, 1.54) is 5.56 Å². The number of carbonyl (C=O) groups excluding carboxylic acids is 2. The summed E-state index contributed by atoms with van der Waals surface area (Å²) in [7, 11) is 1.57. The molecule has 0 radical (unpaired) electrons. The van der Waals surface area contributed by atoms with Crippen LogP contribution < -0.4 is 10.1 Å². The Labute approximate surface area is 222 Å². The van der Waals surface area contributed by atoms with Gasteiger partial charge in [-0.05, 0) is 79.4 Å². The molecule has 0 aromatic heterocycles. The molecule has 1 saturated carbocycles. The predicted molar refractivity (Wildman–Crippen MR) is 143 cm³/mol. The van der Waals surface area contributed by atoms with Crippen LogP contribution >= 0.6 is 0 Å². The number of aliphatic hydroxyl groups excluding tert-OH is 2. The Balaban J connectivity index is 1.58. The molecule has 7 nitrogen and oxygen atoms in total. The number of aliphatic hydroxyl groups is 2. The molecule has 3 rings (SSSR count). The summed E-state index contributed by atoms with van der Waals surface area (Å²) in [5.41, 5.74) is 2.34. The van der Waals surface area contributed by atoms with Crippen molar-refractivity contribution in [1.29, 1.82) is 0 Å². The molecule has 2 aliphatic rings. The third kappa shape index (κ3) is 8.18. The molecule has 0 aliphatic heterocycles. The Morgan fingerprint density at radius 3 is 2.65 bits per heavy atom. The number of rotatable bonds is 14. The maximum atomic E-state index is 12.5. The maximum Gasteiger partial charge on any atom is 0.344 e. The highest BCUT2D eigenvalue weighted by Gasteiger charge is 2.44. The summed E-state index contributed by atoms with van der Waals surface area (Å²) in [5, 5.41) is 23.9. The summed E-state index contributed by atoms with van der Waals surface area (Å²) in [6.45, 7) is 5.80. The number of nitrogens with one attached hydrogen (secondary N) is 1. The average molecular weight is 518 g/mol. The Bertz CT molecular complexity index is 887. The largest absolute Gasteiger partial charge is 0.482 e. The van der Waals surface area contributed by atoms with Crippen molar-refractivity contribution >= 4 is 11.9 Å². The van der Waals surface area contributed by atoms with Crippen molar-refractivity contribution in [3.05, 3.63) is 29.3 Å². The number of benzene rings is 1. The van der Waals surface area contributed by atoms with Crippen LogP contribution in [0.4, 0.5) is 0 Å². The minimum Gasteiger partial charge on any atom is -0.482 e. The molecule has 3 N–H and O–H groups in total. The first-order valence-corrected chi connectivity index (χ1v) is 14.2. The van der Waals surface area contributed by atoms with E-state index in [1.807, 2.05) is 26.0 Å². The molecule has 37 heavy (non-hydrogen) atoms. The molecule has 0 bridgehead atoms. The van der Waals surface area contributed by atoms with Crippen LogP contribution in [0.2, 0.25) is 0 Å². The molecule has 1 unspecified atom stereocenters. The lowest BCUT2D eigenvalue weighted by molar-refractivity contribution is -0.155. The second-order valence-corrected chi connectivity index (χ2v) is 11.4. The molecule has 6 atom stereocenters. The van der Waals surface area contributed by atoms with Crippen molar-refractivity contribution in [3.63, 3.8) is 0 Å². The number of fused-ring (bicyclic) bond motifs is 2. The van der Waals surface area contributed by atoms with Gasteiger partial charge in [0, 0.05) is 7.05 Å². The van der Waals surface area contributed by atoms with E-state index >= 15 is 0 Å². The quantitative estimate of drug-likeness (QED) is 0.252. The van der Waals surface area contributed by atoms with Crippen molar-refractivity contribution in [2.75, 3.05) is 13.7 Å². The van der Waals surface area contributed by atoms with Gasteiger partial charge in [0.2, 0.25) is 5.91 Å². The monoisotopic (exact) mass is 517 g/mol. The molecule has 2 aliphatic carbocycles. The number of unbranched alkanes of at least 4 members (excludes halogenated alkanes) is 2. The lowest BCUT2D eigenvalue weighted by atomic mass is 9.73. The van der Waals surface area contributed by atoms with Gasteiger partial charge in [0.05, 0.1) is 18.6 Å². The molecule has 1 fully saturated rings. The highest BCUT2D eigenvalue weighted by atomic mass is 16.6. The van der Waals surface area contributed by atoms with Gasteiger partial charge in [-0.1, -0.05) is 52.2 Å². The summed E-state index contributed by atoms with van der Waals surface area (Å²) in [6.07, 6.45) is 7.33. The lowest BCUT2D eigenvalue weighted by Gasteiger charge is -2.32. The molecule has 0 spiro atoms. The van der Waals surface area contributed by atoms with Crippen LogP contribution in [0, 0.1) is 23.7 Å². The van der Waals surface area contributed by atoms with Gasteiger partial charge in [0.25, 0.3) is 0 Å². The second-order valence-electron chi connectivity index (χ2n) is 11.4. The fourth-order valence-corrected chi connectivity index (χ4v) is 6.14. The van der Waals surface area contributed by atoms with Gasteiger partial charge in [-0.2, -0.15) is 0 Å². The fraction of sp³-hybridized carbons (Fsp3) is 0.733. The first kappa shape index (κ1) is 29.4. The van der Waals surface area contributed by atoms with Gasteiger partial charge < -0.3 is 25.0 Å². The molecule has 1 aromatic rings. The molecule has 1 aromatic carbocycles. The Kier molecular flexibility index (Phi) is 11.3. The first-order chi connectivity index (χ1) is 17.7. The molecular formula is C30H47NO6. The van der Waals surface area contributed by atoms with Crippen LogP contribution in [-0.4, -0.2) is 54.1 Å². The van der Waals surface area contributed by atoms with Crippen molar-refractivity contribution in [2.24, 2.45) is 23.7 Å². The van der Waals surface area contributed by atoms with E-state index in [1.54, 1.807) is 7.05 Å². The van der Waals surface area contributed by atoms with Gasteiger partial charge in [-0.15, -0.1) is 0 Å². The zero-order valence-corrected chi connectivity index (χ0v) is 23.1.